The van der Waals surface area contributed by atoms with Crippen molar-refractivity contribution >= 4 is 35.9 Å². The van der Waals surface area contributed by atoms with Crippen LogP contribution in [0.15, 0.2) is 35.3 Å². The van der Waals surface area contributed by atoms with Crippen LogP contribution in [0.5, 0.6) is 0 Å². The van der Waals surface area contributed by atoms with Crippen LogP contribution in [0.3, 0.4) is 0 Å². The molecule has 0 spiro atoms. The van der Waals surface area contributed by atoms with Crippen LogP contribution in [0.4, 0.5) is 0 Å². The van der Waals surface area contributed by atoms with Crippen molar-refractivity contribution in [2.75, 3.05) is 33.4 Å². The molecule has 0 aliphatic carbocycles. The van der Waals surface area contributed by atoms with Gasteiger partial charge in [-0.1, -0.05) is 37.3 Å². The van der Waals surface area contributed by atoms with Crippen molar-refractivity contribution in [2.24, 2.45) is 10.9 Å². The van der Waals surface area contributed by atoms with Gasteiger partial charge in [-0.15, -0.1) is 24.0 Å². The maximum Gasteiger partial charge on any atom is 0.307 e. The van der Waals surface area contributed by atoms with E-state index in [9.17, 15) is 4.79 Å². The highest BCUT2D eigenvalue weighted by molar-refractivity contribution is 14.0. The molecule has 7 heteroatoms. The maximum atomic E-state index is 11.1. The van der Waals surface area contributed by atoms with Gasteiger partial charge in [0, 0.05) is 19.6 Å². The van der Waals surface area contributed by atoms with Crippen LogP contribution in [0.25, 0.3) is 0 Å². The van der Waals surface area contributed by atoms with Crippen LogP contribution in [0, 0.1) is 5.92 Å². The van der Waals surface area contributed by atoms with E-state index >= 15 is 0 Å². The summed E-state index contributed by atoms with van der Waals surface area (Å²) in [6.07, 6.45) is 0.316. The molecule has 1 aromatic rings. The summed E-state index contributed by atoms with van der Waals surface area (Å²) >= 11 is 0. The Balaban J connectivity index is 0.00000576. The first kappa shape index (κ1) is 23.6. The zero-order valence-corrected chi connectivity index (χ0v) is 17.6. The van der Waals surface area contributed by atoms with E-state index in [4.69, 9.17) is 4.74 Å². The third-order valence-electron chi connectivity index (χ3n) is 3.27. The zero-order valence-electron chi connectivity index (χ0n) is 15.3. The van der Waals surface area contributed by atoms with Gasteiger partial charge in [0.2, 0.25) is 0 Å². The number of hydrogen-bond donors (Lipinski definition) is 2. The normalized spacial score (nSPS) is 12.0. The van der Waals surface area contributed by atoms with Gasteiger partial charge in [-0.2, -0.15) is 0 Å². The molecule has 0 aliphatic heterocycles. The monoisotopic (exact) mass is 463 g/mol. The first-order valence-electron chi connectivity index (χ1n) is 8.36. The summed E-state index contributed by atoms with van der Waals surface area (Å²) in [6.45, 7) is 7.30. The van der Waals surface area contributed by atoms with Crippen molar-refractivity contribution < 1.29 is 14.3 Å². The van der Waals surface area contributed by atoms with Gasteiger partial charge >= 0.3 is 5.97 Å². The van der Waals surface area contributed by atoms with Crippen molar-refractivity contribution in [1.29, 1.82) is 0 Å². The summed E-state index contributed by atoms with van der Waals surface area (Å²) < 4.78 is 10.3. The standard InChI is InChI=1S/C18H29N3O3.HI/c1-4-19-18(20-11-10-17(22)23-3)21-12-15(2)13-24-14-16-8-6-5-7-9-16;/h5-9,15H,4,10-14H2,1-3H3,(H2,19,20,21);1H. The number of benzene rings is 1. The molecule has 0 aromatic heterocycles. The summed E-state index contributed by atoms with van der Waals surface area (Å²) in [6, 6.07) is 10.1. The highest BCUT2D eigenvalue weighted by Gasteiger charge is 2.05. The van der Waals surface area contributed by atoms with Gasteiger partial charge in [-0.25, -0.2) is 0 Å². The van der Waals surface area contributed by atoms with Gasteiger partial charge in [0.25, 0.3) is 0 Å². The topological polar surface area (TPSA) is 72.0 Å². The van der Waals surface area contributed by atoms with Crippen LogP contribution in [-0.4, -0.2) is 45.3 Å². The van der Waals surface area contributed by atoms with E-state index in [-0.39, 0.29) is 29.9 Å². The van der Waals surface area contributed by atoms with Crippen LogP contribution in [0.1, 0.15) is 25.8 Å². The third kappa shape index (κ3) is 11.8. The molecule has 0 aliphatic rings. The van der Waals surface area contributed by atoms with Gasteiger partial charge in [-0.05, 0) is 18.4 Å². The lowest BCUT2D eigenvalue weighted by molar-refractivity contribution is -0.140. The fourth-order valence-corrected chi connectivity index (χ4v) is 1.98. The van der Waals surface area contributed by atoms with E-state index < -0.39 is 0 Å². The molecule has 0 saturated carbocycles. The fourth-order valence-electron chi connectivity index (χ4n) is 1.98. The minimum Gasteiger partial charge on any atom is -0.469 e. The summed E-state index contributed by atoms with van der Waals surface area (Å²) in [4.78, 5) is 15.6. The second-order valence-electron chi connectivity index (χ2n) is 5.58. The summed E-state index contributed by atoms with van der Waals surface area (Å²) in [5.41, 5.74) is 1.17. The second-order valence-corrected chi connectivity index (χ2v) is 5.58. The molecular weight excluding hydrogens is 433 g/mol. The Morgan fingerprint density at radius 3 is 2.60 bits per heavy atom. The first-order valence-corrected chi connectivity index (χ1v) is 8.36. The lowest BCUT2D eigenvalue weighted by Crippen LogP contribution is -2.38. The predicted molar refractivity (Wildman–Crippen MR) is 111 cm³/mol. The van der Waals surface area contributed by atoms with Gasteiger partial charge in [0.15, 0.2) is 5.96 Å². The molecule has 0 saturated heterocycles. The number of hydrogen-bond acceptors (Lipinski definition) is 4. The summed E-state index contributed by atoms with van der Waals surface area (Å²) in [5, 5.41) is 6.28. The smallest absolute Gasteiger partial charge is 0.307 e. The van der Waals surface area contributed by atoms with Gasteiger partial charge < -0.3 is 20.1 Å². The third-order valence-corrected chi connectivity index (χ3v) is 3.27. The quantitative estimate of drug-likeness (QED) is 0.242. The number of nitrogens with one attached hydrogen (secondary N) is 2. The highest BCUT2D eigenvalue weighted by atomic mass is 127. The molecule has 2 N–H and O–H groups in total. The van der Waals surface area contributed by atoms with Crippen LogP contribution < -0.4 is 10.6 Å². The SMILES string of the molecule is CCNC(=NCC(C)COCc1ccccc1)NCCC(=O)OC.I. The van der Waals surface area contributed by atoms with Crippen molar-refractivity contribution in [1.82, 2.24) is 10.6 Å². The molecule has 0 heterocycles. The number of carbonyl (C=O) groups is 1. The number of halogens is 1. The molecule has 6 nitrogen and oxygen atoms in total. The van der Waals surface area contributed by atoms with Crippen molar-refractivity contribution in [3.05, 3.63) is 35.9 Å². The molecule has 142 valence electrons. The average molecular weight is 463 g/mol. The molecule has 0 bridgehead atoms. The Labute approximate surface area is 167 Å². The second kappa shape index (κ2) is 14.9. The molecule has 1 unspecified atom stereocenters. The lowest BCUT2D eigenvalue weighted by Gasteiger charge is -2.13. The predicted octanol–water partition coefficient (Wildman–Crippen LogP) is 2.58. The van der Waals surface area contributed by atoms with E-state index in [2.05, 4.69) is 39.4 Å². The molecule has 0 fully saturated rings. The van der Waals surface area contributed by atoms with Crippen molar-refractivity contribution in [3.8, 4) is 0 Å². The molecule has 1 rings (SSSR count). The summed E-state index contributed by atoms with van der Waals surface area (Å²) in [7, 11) is 1.39. The Bertz CT molecular complexity index is 498. The Morgan fingerprint density at radius 2 is 1.96 bits per heavy atom. The molecule has 1 aromatic carbocycles. The van der Waals surface area contributed by atoms with Crippen LogP contribution in [0.2, 0.25) is 0 Å². The van der Waals surface area contributed by atoms with E-state index in [1.807, 2.05) is 25.1 Å². The van der Waals surface area contributed by atoms with Crippen molar-refractivity contribution in [2.45, 2.75) is 26.9 Å². The fraction of sp³-hybridized carbons (Fsp3) is 0.556. The lowest BCUT2D eigenvalue weighted by atomic mass is 10.2. The van der Waals surface area contributed by atoms with Gasteiger partial charge in [-0.3, -0.25) is 9.79 Å². The molecule has 0 amide bonds. The molecular formula is C18H30IN3O3. The number of carbonyl (C=O) groups excluding carboxylic acids is 1. The largest absolute Gasteiger partial charge is 0.469 e. The van der Waals surface area contributed by atoms with Crippen LogP contribution >= 0.6 is 24.0 Å². The molecule has 0 radical (unpaired) electrons. The van der Waals surface area contributed by atoms with Crippen molar-refractivity contribution in [3.63, 3.8) is 0 Å². The van der Waals surface area contributed by atoms with E-state index in [0.717, 1.165) is 6.54 Å². The average Bonchev–Trinajstić information content (AvgIpc) is 2.60. The highest BCUT2D eigenvalue weighted by Crippen LogP contribution is 2.03. The number of guanidine groups is 1. The molecule has 25 heavy (non-hydrogen) atoms. The Hall–Kier alpha value is -1.35. The first-order chi connectivity index (χ1) is 11.7. The van der Waals surface area contributed by atoms with E-state index in [1.54, 1.807) is 0 Å². The molecule has 1 atom stereocenters. The number of rotatable bonds is 10. The number of nitrogens with zero attached hydrogens (tertiary/aromatic N) is 1. The number of esters is 1. The van der Waals surface area contributed by atoms with E-state index in [0.29, 0.717) is 44.6 Å². The van der Waals surface area contributed by atoms with Gasteiger partial charge in [0.1, 0.15) is 0 Å². The maximum absolute atomic E-state index is 11.1. The zero-order chi connectivity index (χ0) is 17.6. The minimum absolute atomic E-state index is 0. The number of ether oxygens (including phenoxy) is 2. The van der Waals surface area contributed by atoms with Crippen LogP contribution in [-0.2, 0) is 20.9 Å². The number of aliphatic imine (C=N–C) groups is 1. The number of methoxy groups -OCH3 is 1. The Morgan fingerprint density at radius 1 is 1.24 bits per heavy atom. The summed E-state index contributed by atoms with van der Waals surface area (Å²) in [5.74, 6) is 0.780. The van der Waals surface area contributed by atoms with Gasteiger partial charge in [0.05, 0.1) is 26.7 Å². The Kier molecular flexibility index (Phi) is 14.1. The van der Waals surface area contributed by atoms with E-state index in [1.165, 1.54) is 12.7 Å². The minimum atomic E-state index is -0.235.